The molecule has 2 aromatic rings. The second-order valence-corrected chi connectivity index (χ2v) is 5.48. The summed E-state index contributed by atoms with van der Waals surface area (Å²) in [6.07, 6.45) is 0. The quantitative estimate of drug-likeness (QED) is 0.632. The Morgan fingerprint density at radius 1 is 0.826 bits per heavy atom. The summed E-state index contributed by atoms with van der Waals surface area (Å²) >= 11 is 1.15. The molecule has 7 heteroatoms. The van der Waals surface area contributed by atoms with Crippen LogP contribution in [0.3, 0.4) is 0 Å². The fraction of sp³-hybridized carbons (Fsp3) is 0.188. The zero-order valence-electron chi connectivity index (χ0n) is 12.7. The molecule has 0 atom stereocenters. The first-order chi connectivity index (χ1) is 11.0. The highest BCUT2D eigenvalue weighted by Gasteiger charge is 2.19. The number of ether oxygens (including phenoxy) is 3. The summed E-state index contributed by atoms with van der Waals surface area (Å²) in [5.74, 6) is -1.53. The van der Waals surface area contributed by atoms with Gasteiger partial charge in [-0.2, -0.15) is 0 Å². The Labute approximate surface area is 136 Å². The van der Waals surface area contributed by atoms with Gasteiger partial charge in [-0.25, -0.2) is 14.4 Å². The lowest BCUT2D eigenvalue weighted by Gasteiger charge is -2.08. The molecule has 0 spiro atoms. The number of benzene rings is 1. The fourth-order valence-electron chi connectivity index (χ4n) is 1.97. The van der Waals surface area contributed by atoms with E-state index < -0.39 is 17.9 Å². The van der Waals surface area contributed by atoms with E-state index in [0.29, 0.717) is 26.4 Å². The third kappa shape index (κ3) is 3.40. The third-order valence-corrected chi connectivity index (χ3v) is 4.20. The Hall–Kier alpha value is -2.67. The van der Waals surface area contributed by atoms with Crippen molar-refractivity contribution < 1.29 is 28.6 Å². The van der Waals surface area contributed by atoms with Crippen molar-refractivity contribution in [2.45, 2.75) is 0 Å². The molecule has 0 bridgehead atoms. The summed E-state index contributed by atoms with van der Waals surface area (Å²) < 4.78 is 14.1. The SMILES string of the molecule is COC(=O)c1ccc(C(=O)OC)c(-c2ccc(C(=O)OC)s2)c1. The lowest BCUT2D eigenvalue weighted by Crippen LogP contribution is -2.06. The predicted octanol–water partition coefficient (Wildman–Crippen LogP) is 2.77. The molecular formula is C16H14O6S. The standard InChI is InChI=1S/C16H14O6S/c1-20-14(17)9-4-5-10(15(18)21-2)11(8-9)12-6-7-13(23-12)16(19)22-3/h4-8H,1-3H3. The van der Waals surface area contributed by atoms with Gasteiger partial charge in [0.15, 0.2) is 0 Å². The summed E-state index contributed by atoms with van der Waals surface area (Å²) in [6, 6.07) is 7.78. The molecule has 120 valence electrons. The average molecular weight is 334 g/mol. The van der Waals surface area contributed by atoms with E-state index in [-0.39, 0.29) is 0 Å². The Bertz CT molecular complexity index is 762. The first-order valence-corrected chi connectivity index (χ1v) is 7.32. The lowest BCUT2D eigenvalue weighted by molar-refractivity contribution is 0.0587. The minimum Gasteiger partial charge on any atom is -0.465 e. The highest BCUT2D eigenvalue weighted by Crippen LogP contribution is 2.32. The molecule has 1 aromatic heterocycles. The van der Waals surface area contributed by atoms with Gasteiger partial charge in [-0.15, -0.1) is 11.3 Å². The van der Waals surface area contributed by atoms with Crippen LogP contribution in [0.15, 0.2) is 30.3 Å². The summed E-state index contributed by atoms with van der Waals surface area (Å²) in [6.45, 7) is 0. The molecule has 0 N–H and O–H groups in total. The van der Waals surface area contributed by atoms with Crippen LogP contribution in [0.25, 0.3) is 10.4 Å². The molecule has 0 saturated heterocycles. The van der Waals surface area contributed by atoms with E-state index in [1.165, 1.54) is 39.5 Å². The van der Waals surface area contributed by atoms with Crippen molar-refractivity contribution in [3.8, 4) is 10.4 Å². The summed E-state index contributed by atoms with van der Waals surface area (Å²) in [5.41, 5.74) is 1.07. The zero-order chi connectivity index (χ0) is 17.0. The van der Waals surface area contributed by atoms with Gasteiger partial charge < -0.3 is 14.2 Å². The number of thiophene rings is 1. The van der Waals surface area contributed by atoms with Gasteiger partial charge in [0.1, 0.15) is 4.88 Å². The topological polar surface area (TPSA) is 78.9 Å². The van der Waals surface area contributed by atoms with Gasteiger partial charge in [-0.3, -0.25) is 0 Å². The second-order valence-electron chi connectivity index (χ2n) is 4.40. The van der Waals surface area contributed by atoms with Crippen LogP contribution >= 0.6 is 11.3 Å². The predicted molar refractivity (Wildman–Crippen MR) is 83.8 cm³/mol. The Kier molecular flexibility index (Phi) is 5.13. The van der Waals surface area contributed by atoms with Gasteiger partial charge in [0.25, 0.3) is 0 Å². The van der Waals surface area contributed by atoms with Crippen LogP contribution < -0.4 is 0 Å². The normalized spacial score (nSPS) is 10.0. The first kappa shape index (κ1) is 16.7. The van der Waals surface area contributed by atoms with Crippen LogP contribution in [0.5, 0.6) is 0 Å². The van der Waals surface area contributed by atoms with Crippen molar-refractivity contribution in [1.82, 2.24) is 0 Å². The Balaban J connectivity index is 2.56. The van der Waals surface area contributed by atoms with Crippen LogP contribution in [0, 0.1) is 0 Å². The summed E-state index contributed by atoms with van der Waals surface area (Å²) in [4.78, 5) is 36.2. The molecular weight excluding hydrogens is 320 g/mol. The third-order valence-electron chi connectivity index (χ3n) is 3.10. The monoisotopic (exact) mass is 334 g/mol. The van der Waals surface area contributed by atoms with E-state index >= 15 is 0 Å². The van der Waals surface area contributed by atoms with Gasteiger partial charge in [-0.05, 0) is 30.3 Å². The number of rotatable bonds is 4. The maximum Gasteiger partial charge on any atom is 0.348 e. The van der Waals surface area contributed by atoms with Crippen molar-refractivity contribution in [2.24, 2.45) is 0 Å². The highest BCUT2D eigenvalue weighted by molar-refractivity contribution is 7.17. The molecule has 0 radical (unpaired) electrons. The largest absolute Gasteiger partial charge is 0.465 e. The molecule has 0 saturated carbocycles. The molecule has 0 fully saturated rings. The Morgan fingerprint density at radius 3 is 2.09 bits per heavy atom. The molecule has 0 aliphatic heterocycles. The maximum atomic E-state index is 11.9. The van der Waals surface area contributed by atoms with E-state index in [9.17, 15) is 14.4 Å². The highest BCUT2D eigenvalue weighted by atomic mass is 32.1. The van der Waals surface area contributed by atoms with Gasteiger partial charge in [0.05, 0.1) is 32.5 Å². The van der Waals surface area contributed by atoms with Crippen LogP contribution in [-0.2, 0) is 14.2 Å². The van der Waals surface area contributed by atoms with Gasteiger partial charge in [0.2, 0.25) is 0 Å². The van der Waals surface area contributed by atoms with E-state index in [4.69, 9.17) is 4.74 Å². The number of carbonyl (C=O) groups is 3. The number of hydrogen-bond acceptors (Lipinski definition) is 7. The molecule has 23 heavy (non-hydrogen) atoms. The fourth-order valence-corrected chi connectivity index (χ4v) is 2.93. The number of carbonyl (C=O) groups excluding carboxylic acids is 3. The molecule has 0 amide bonds. The van der Waals surface area contributed by atoms with E-state index in [1.54, 1.807) is 12.1 Å². The molecule has 1 heterocycles. The maximum absolute atomic E-state index is 11.9. The first-order valence-electron chi connectivity index (χ1n) is 6.51. The molecule has 0 unspecified atom stereocenters. The van der Waals surface area contributed by atoms with Gasteiger partial charge in [0, 0.05) is 10.4 Å². The lowest BCUT2D eigenvalue weighted by atomic mass is 10.0. The smallest absolute Gasteiger partial charge is 0.348 e. The van der Waals surface area contributed by atoms with Crippen LogP contribution in [0.1, 0.15) is 30.4 Å². The Morgan fingerprint density at radius 2 is 1.48 bits per heavy atom. The summed E-state index contributed by atoms with van der Waals surface area (Å²) in [5, 5.41) is 0. The van der Waals surface area contributed by atoms with Gasteiger partial charge in [-0.1, -0.05) is 0 Å². The van der Waals surface area contributed by atoms with Crippen molar-refractivity contribution in [2.75, 3.05) is 21.3 Å². The van der Waals surface area contributed by atoms with Crippen molar-refractivity contribution in [1.29, 1.82) is 0 Å². The summed E-state index contributed by atoms with van der Waals surface area (Å²) in [7, 11) is 3.84. The van der Waals surface area contributed by atoms with Crippen LogP contribution in [0.2, 0.25) is 0 Å². The zero-order valence-corrected chi connectivity index (χ0v) is 13.6. The van der Waals surface area contributed by atoms with E-state index in [1.807, 2.05) is 0 Å². The van der Waals surface area contributed by atoms with Gasteiger partial charge >= 0.3 is 17.9 Å². The molecule has 0 aliphatic rings. The van der Waals surface area contributed by atoms with Crippen molar-refractivity contribution in [3.05, 3.63) is 46.3 Å². The van der Waals surface area contributed by atoms with Crippen LogP contribution in [-0.4, -0.2) is 39.2 Å². The molecule has 2 rings (SSSR count). The molecule has 1 aromatic carbocycles. The number of esters is 3. The number of methoxy groups -OCH3 is 3. The van der Waals surface area contributed by atoms with Crippen LogP contribution in [0.4, 0.5) is 0 Å². The molecule has 6 nitrogen and oxygen atoms in total. The van der Waals surface area contributed by atoms with E-state index in [2.05, 4.69) is 9.47 Å². The molecule has 0 aliphatic carbocycles. The van der Waals surface area contributed by atoms with Crippen molar-refractivity contribution in [3.63, 3.8) is 0 Å². The van der Waals surface area contributed by atoms with Crippen molar-refractivity contribution >= 4 is 29.2 Å². The van der Waals surface area contributed by atoms with E-state index in [0.717, 1.165) is 11.3 Å². The minimum absolute atomic E-state index is 0.290. The average Bonchev–Trinajstić information content (AvgIpc) is 3.09. The number of hydrogen-bond donors (Lipinski definition) is 0. The minimum atomic E-state index is -0.538. The second kappa shape index (κ2) is 7.06.